The van der Waals surface area contributed by atoms with Gasteiger partial charge in [-0.2, -0.15) is 0 Å². The molecule has 1 aromatic heterocycles. The summed E-state index contributed by atoms with van der Waals surface area (Å²) < 4.78 is 23.6. The summed E-state index contributed by atoms with van der Waals surface area (Å²) in [5, 5.41) is 16.5. The van der Waals surface area contributed by atoms with Crippen molar-refractivity contribution in [3.8, 4) is 0 Å². The van der Waals surface area contributed by atoms with Crippen LogP contribution in [0.2, 0.25) is 0 Å². The van der Waals surface area contributed by atoms with E-state index in [4.69, 9.17) is 9.26 Å². The van der Waals surface area contributed by atoms with Gasteiger partial charge in [0.05, 0.1) is 16.3 Å². The third-order valence-corrected chi connectivity index (χ3v) is 3.39. The number of aryl methyl sites for hydroxylation is 1. The van der Waals surface area contributed by atoms with Crippen LogP contribution < -0.4 is 5.32 Å². The van der Waals surface area contributed by atoms with Crippen LogP contribution in [0.25, 0.3) is 0 Å². The lowest BCUT2D eigenvalue weighted by molar-refractivity contribution is -0.384. The third-order valence-electron chi connectivity index (χ3n) is 3.39. The van der Waals surface area contributed by atoms with Crippen molar-refractivity contribution >= 4 is 23.3 Å². The number of nitrogens with one attached hydrogen (secondary N) is 1. The van der Waals surface area contributed by atoms with Crippen molar-refractivity contribution in [2.24, 2.45) is 0 Å². The van der Waals surface area contributed by atoms with E-state index in [0.29, 0.717) is 11.5 Å². The SMILES string of the molecule is Cc1noc(C(C)C)c1C(=O)OCC(=O)Nc1cc([N+](=O)[O-])ccc1F. The minimum absolute atomic E-state index is 0.119. The Morgan fingerprint density at radius 3 is 2.73 bits per heavy atom. The number of amides is 1. The van der Waals surface area contributed by atoms with Gasteiger partial charge in [0, 0.05) is 18.1 Å². The Kier molecular flexibility index (Phi) is 5.65. The molecule has 0 fully saturated rings. The molecule has 0 aliphatic heterocycles. The lowest BCUT2D eigenvalue weighted by Gasteiger charge is -2.08. The lowest BCUT2D eigenvalue weighted by atomic mass is 10.1. The van der Waals surface area contributed by atoms with Crippen LogP contribution in [-0.2, 0) is 9.53 Å². The molecule has 0 radical (unpaired) electrons. The van der Waals surface area contributed by atoms with Crippen LogP contribution >= 0.6 is 0 Å². The fraction of sp³-hybridized carbons (Fsp3) is 0.312. The first kappa shape index (κ1) is 19.0. The first-order valence-corrected chi connectivity index (χ1v) is 7.57. The number of esters is 1. The van der Waals surface area contributed by atoms with E-state index in [0.717, 1.165) is 18.2 Å². The largest absolute Gasteiger partial charge is 0.452 e. The van der Waals surface area contributed by atoms with Gasteiger partial charge in [-0.05, 0) is 13.0 Å². The van der Waals surface area contributed by atoms with Crippen molar-refractivity contribution in [3.63, 3.8) is 0 Å². The smallest absolute Gasteiger partial charge is 0.344 e. The molecular formula is C16H16FN3O6. The fourth-order valence-corrected chi connectivity index (χ4v) is 2.14. The predicted molar refractivity (Wildman–Crippen MR) is 87.3 cm³/mol. The molecule has 26 heavy (non-hydrogen) atoms. The zero-order valence-corrected chi connectivity index (χ0v) is 14.2. The molecule has 2 rings (SSSR count). The second-order valence-corrected chi connectivity index (χ2v) is 5.71. The molecule has 0 unspecified atom stereocenters. The van der Waals surface area contributed by atoms with Crippen molar-refractivity contribution in [3.05, 3.63) is 51.1 Å². The Labute approximate surface area is 147 Å². The van der Waals surface area contributed by atoms with Gasteiger partial charge in [0.25, 0.3) is 11.6 Å². The van der Waals surface area contributed by atoms with Crippen molar-refractivity contribution in [2.45, 2.75) is 26.7 Å². The maximum atomic E-state index is 13.6. The van der Waals surface area contributed by atoms with Gasteiger partial charge in [-0.1, -0.05) is 19.0 Å². The minimum Gasteiger partial charge on any atom is -0.452 e. The van der Waals surface area contributed by atoms with Crippen LogP contribution in [0, 0.1) is 22.9 Å². The number of non-ortho nitro benzene ring substituents is 1. The van der Waals surface area contributed by atoms with E-state index in [9.17, 15) is 24.1 Å². The summed E-state index contributed by atoms with van der Waals surface area (Å²) in [5.41, 5.74) is -0.317. The number of benzene rings is 1. The topological polar surface area (TPSA) is 125 Å². The van der Waals surface area contributed by atoms with Crippen molar-refractivity contribution < 1.29 is 28.2 Å². The summed E-state index contributed by atoms with van der Waals surface area (Å²) in [5.74, 6) is -2.29. The first-order chi connectivity index (χ1) is 12.2. The number of carbonyl (C=O) groups is 2. The number of anilines is 1. The highest BCUT2D eigenvalue weighted by molar-refractivity contribution is 5.96. The lowest BCUT2D eigenvalue weighted by Crippen LogP contribution is -2.22. The Morgan fingerprint density at radius 2 is 2.12 bits per heavy atom. The van der Waals surface area contributed by atoms with Gasteiger partial charge in [0.1, 0.15) is 11.4 Å². The molecule has 0 spiro atoms. The van der Waals surface area contributed by atoms with Gasteiger partial charge >= 0.3 is 5.97 Å². The number of nitro benzene ring substituents is 1. The van der Waals surface area contributed by atoms with Crippen LogP contribution in [0.4, 0.5) is 15.8 Å². The monoisotopic (exact) mass is 365 g/mol. The molecule has 1 N–H and O–H groups in total. The van der Waals surface area contributed by atoms with Crippen LogP contribution in [0.1, 0.15) is 41.6 Å². The number of ether oxygens (including phenoxy) is 1. The summed E-state index contributed by atoms with van der Waals surface area (Å²) in [6, 6.07) is 2.69. The van der Waals surface area contributed by atoms with Crippen LogP contribution in [0.15, 0.2) is 22.7 Å². The normalized spacial score (nSPS) is 10.7. The molecule has 1 amide bonds. The summed E-state index contributed by atoms with van der Waals surface area (Å²) in [6.45, 7) is 4.46. The number of carbonyl (C=O) groups excluding carboxylic acids is 2. The zero-order chi connectivity index (χ0) is 19.4. The number of aromatic nitrogens is 1. The summed E-state index contributed by atoms with van der Waals surface area (Å²) >= 11 is 0. The van der Waals surface area contributed by atoms with Crippen molar-refractivity contribution in [1.29, 1.82) is 0 Å². The number of halogens is 1. The van der Waals surface area contributed by atoms with E-state index in [2.05, 4.69) is 10.5 Å². The highest BCUT2D eigenvalue weighted by atomic mass is 19.1. The van der Waals surface area contributed by atoms with Gasteiger partial charge in [-0.25, -0.2) is 9.18 Å². The third kappa shape index (κ3) is 4.21. The van der Waals surface area contributed by atoms with Crippen LogP contribution in [0.5, 0.6) is 0 Å². The molecule has 2 aromatic rings. The molecule has 0 bridgehead atoms. The summed E-state index contributed by atoms with van der Waals surface area (Å²) in [6.07, 6.45) is 0. The van der Waals surface area contributed by atoms with Gasteiger partial charge in [0.2, 0.25) is 0 Å². The molecule has 0 atom stereocenters. The molecule has 9 nitrogen and oxygen atoms in total. The molecule has 0 aliphatic carbocycles. The molecule has 1 heterocycles. The Hall–Kier alpha value is -3.30. The molecule has 0 saturated heterocycles. The van der Waals surface area contributed by atoms with Crippen molar-refractivity contribution in [2.75, 3.05) is 11.9 Å². The Morgan fingerprint density at radius 1 is 1.42 bits per heavy atom. The van der Waals surface area contributed by atoms with Gasteiger partial charge < -0.3 is 14.6 Å². The molecule has 0 saturated carbocycles. The highest BCUT2D eigenvalue weighted by Crippen LogP contribution is 2.23. The average Bonchev–Trinajstić information content (AvgIpc) is 2.96. The maximum Gasteiger partial charge on any atom is 0.344 e. The van der Waals surface area contributed by atoms with Crippen LogP contribution in [-0.4, -0.2) is 28.6 Å². The Bertz CT molecular complexity index is 862. The quantitative estimate of drug-likeness (QED) is 0.474. The van der Waals surface area contributed by atoms with E-state index >= 15 is 0 Å². The minimum atomic E-state index is -0.854. The molecule has 138 valence electrons. The van der Waals surface area contributed by atoms with Crippen LogP contribution in [0.3, 0.4) is 0 Å². The van der Waals surface area contributed by atoms with Gasteiger partial charge in [-0.3, -0.25) is 14.9 Å². The molecular weight excluding hydrogens is 349 g/mol. The highest BCUT2D eigenvalue weighted by Gasteiger charge is 2.24. The van der Waals surface area contributed by atoms with E-state index in [-0.39, 0.29) is 22.9 Å². The number of rotatable bonds is 6. The second-order valence-electron chi connectivity index (χ2n) is 5.71. The summed E-state index contributed by atoms with van der Waals surface area (Å²) in [4.78, 5) is 34.0. The van der Waals surface area contributed by atoms with E-state index in [1.807, 2.05) is 0 Å². The van der Waals surface area contributed by atoms with E-state index in [1.165, 1.54) is 0 Å². The standard InChI is InChI=1S/C16H16FN3O6/c1-8(2)15-14(9(3)19-26-15)16(22)25-7-13(21)18-12-6-10(20(23)24)4-5-11(12)17/h4-6,8H,7H2,1-3H3,(H,18,21). The van der Waals surface area contributed by atoms with Crippen molar-refractivity contribution in [1.82, 2.24) is 5.16 Å². The predicted octanol–water partition coefficient (Wildman–Crippen LogP) is 2.95. The fourth-order valence-electron chi connectivity index (χ4n) is 2.14. The van der Waals surface area contributed by atoms with E-state index in [1.54, 1.807) is 20.8 Å². The number of nitrogens with zero attached hydrogens (tertiary/aromatic N) is 2. The Balaban J connectivity index is 2.04. The second kappa shape index (κ2) is 7.72. The number of hydrogen-bond donors (Lipinski definition) is 1. The average molecular weight is 365 g/mol. The molecule has 0 aliphatic rings. The number of nitro groups is 1. The van der Waals surface area contributed by atoms with Gasteiger partial charge in [0.15, 0.2) is 12.4 Å². The van der Waals surface area contributed by atoms with Gasteiger partial charge in [-0.15, -0.1) is 0 Å². The zero-order valence-electron chi connectivity index (χ0n) is 14.2. The molecule has 1 aromatic carbocycles. The summed E-state index contributed by atoms with van der Waals surface area (Å²) in [7, 11) is 0. The molecule has 10 heteroatoms. The van der Waals surface area contributed by atoms with E-state index < -0.39 is 29.2 Å². The number of hydrogen-bond acceptors (Lipinski definition) is 7. The maximum absolute atomic E-state index is 13.6. The first-order valence-electron chi connectivity index (χ1n) is 7.57.